The smallest absolute Gasteiger partial charge is 0.430 e. The minimum absolute atomic E-state index is 0.0297. The average Bonchev–Trinajstić information content (AvgIpc) is 2.15. The van der Waals surface area contributed by atoms with E-state index in [0.29, 0.717) is 0 Å². The molecule has 80 valence electrons. The Labute approximate surface area is 78.9 Å². The van der Waals surface area contributed by atoms with Crippen molar-refractivity contribution in [1.29, 1.82) is 0 Å². The number of esters is 1. The van der Waals surface area contributed by atoms with E-state index >= 15 is 0 Å². The SMILES string of the molecule is COC(=O)C1CC=C(C(F)(F)F)NC1. The normalized spacial score (nSPS) is 22.3. The molecular weight excluding hydrogens is 199 g/mol. The minimum Gasteiger partial charge on any atom is -0.469 e. The number of nitrogens with one attached hydrogen (secondary N) is 1. The van der Waals surface area contributed by atoms with E-state index in [2.05, 4.69) is 10.1 Å². The third kappa shape index (κ3) is 2.40. The number of hydrogen-bond acceptors (Lipinski definition) is 3. The first-order chi connectivity index (χ1) is 6.45. The number of methoxy groups -OCH3 is 1. The summed E-state index contributed by atoms with van der Waals surface area (Å²) in [7, 11) is 1.21. The van der Waals surface area contributed by atoms with Gasteiger partial charge in [0.2, 0.25) is 0 Å². The van der Waals surface area contributed by atoms with Gasteiger partial charge in [-0.3, -0.25) is 4.79 Å². The number of rotatable bonds is 1. The molecular formula is C8H10F3NO2. The van der Waals surface area contributed by atoms with E-state index in [-0.39, 0.29) is 13.0 Å². The van der Waals surface area contributed by atoms with Gasteiger partial charge in [-0.2, -0.15) is 13.2 Å². The molecule has 6 heteroatoms. The fourth-order valence-electron chi connectivity index (χ4n) is 1.21. The summed E-state index contributed by atoms with van der Waals surface area (Å²) in [6.45, 7) is -0.0297. The molecule has 14 heavy (non-hydrogen) atoms. The molecule has 0 aliphatic carbocycles. The standard InChI is InChI=1S/C8H10F3NO2/c1-14-7(13)5-2-3-6(12-4-5)8(9,10)11/h3,5,12H,2,4H2,1H3. The van der Waals surface area contributed by atoms with Crippen molar-refractivity contribution in [3.8, 4) is 0 Å². The van der Waals surface area contributed by atoms with Crippen molar-refractivity contribution < 1.29 is 22.7 Å². The maximum Gasteiger partial charge on any atom is 0.430 e. The molecule has 0 amide bonds. The van der Waals surface area contributed by atoms with Crippen molar-refractivity contribution >= 4 is 5.97 Å². The highest BCUT2D eigenvalue weighted by atomic mass is 19.4. The van der Waals surface area contributed by atoms with Crippen molar-refractivity contribution in [3.05, 3.63) is 11.8 Å². The summed E-state index contributed by atoms with van der Waals surface area (Å²) in [6, 6.07) is 0. The van der Waals surface area contributed by atoms with Crippen LogP contribution in [0, 0.1) is 5.92 Å². The molecule has 1 unspecified atom stereocenters. The molecule has 3 nitrogen and oxygen atoms in total. The zero-order valence-electron chi connectivity index (χ0n) is 7.52. The van der Waals surface area contributed by atoms with E-state index < -0.39 is 23.8 Å². The van der Waals surface area contributed by atoms with Crippen molar-refractivity contribution in [2.45, 2.75) is 12.6 Å². The quantitative estimate of drug-likeness (QED) is 0.660. The molecule has 0 aromatic rings. The molecule has 1 rings (SSSR count). The number of carbonyl (C=O) groups is 1. The lowest BCUT2D eigenvalue weighted by molar-refractivity contribution is -0.146. The highest BCUT2D eigenvalue weighted by Crippen LogP contribution is 2.27. The Morgan fingerprint density at radius 1 is 1.64 bits per heavy atom. The highest BCUT2D eigenvalue weighted by molar-refractivity contribution is 5.73. The number of hydrogen-bond donors (Lipinski definition) is 1. The van der Waals surface area contributed by atoms with Gasteiger partial charge in [-0.25, -0.2) is 0 Å². The van der Waals surface area contributed by atoms with E-state index in [1.165, 1.54) is 7.11 Å². The van der Waals surface area contributed by atoms with Crippen LogP contribution >= 0.6 is 0 Å². The lowest BCUT2D eigenvalue weighted by Gasteiger charge is -2.23. The number of carbonyl (C=O) groups excluding carboxylic acids is 1. The van der Waals surface area contributed by atoms with Crippen LogP contribution in [0.4, 0.5) is 13.2 Å². The Balaban J connectivity index is 2.60. The van der Waals surface area contributed by atoms with Crippen molar-refractivity contribution in [1.82, 2.24) is 5.32 Å². The summed E-state index contributed by atoms with van der Waals surface area (Å²) < 4.78 is 40.7. The van der Waals surface area contributed by atoms with E-state index in [9.17, 15) is 18.0 Å². The predicted octanol–water partition coefficient (Wildman–Crippen LogP) is 1.22. The first-order valence-electron chi connectivity index (χ1n) is 4.04. The molecule has 0 fully saturated rings. The van der Waals surface area contributed by atoms with Crippen LogP contribution < -0.4 is 5.32 Å². The molecule has 0 radical (unpaired) electrons. The van der Waals surface area contributed by atoms with Gasteiger partial charge < -0.3 is 10.1 Å². The van der Waals surface area contributed by atoms with Crippen LogP contribution in [0.3, 0.4) is 0 Å². The van der Waals surface area contributed by atoms with E-state index in [4.69, 9.17) is 0 Å². The lowest BCUT2D eigenvalue weighted by Crippen LogP contribution is -2.37. The average molecular weight is 209 g/mol. The summed E-state index contributed by atoms with van der Waals surface area (Å²) in [5.74, 6) is -1.01. The van der Waals surface area contributed by atoms with Gasteiger partial charge >= 0.3 is 12.1 Å². The summed E-state index contributed by atoms with van der Waals surface area (Å²) in [6.07, 6.45) is -3.32. The highest BCUT2D eigenvalue weighted by Gasteiger charge is 2.36. The summed E-state index contributed by atoms with van der Waals surface area (Å²) in [4.78, 5) is 11.0. The van der Waals surface area contributed by atoms with Gasteiger partial charge in [-0.1, -0.05) is 6.08 Å². The second-order valence-electron chi connectivity index (χ2n) is 2.95. The molecule has 0 aromatic carbocycles. The Kier molecular flexibility index (Phi) is 3.03. The van der Waals surface area contributed by atoms with Crippen LogP contribution in [0.15, 0.2) is 11.8 Å². The molecule has 0 bridgehead atoms. The number of allylic oxidation sites excluding steroid dienone is 2. The summed E-state index contributed by atoms with van der Waals surface area (Å²) >= 11 is 0. The fourth-order valence-corrected chi connectivity index (χ4v) is 1.21. The lowest BCUT2D eigenvalue weighted by atomic mass is 10.0. The van der Waals surface area contributed by atoms with Gasteiger partial charge in [0.25, 0.3) is 0 Å². The van der Waals surface area contributed by atoms with Crippen molar-refractivity contribution in [2.24, 2.45) is 5.92 Å². The van der Waals surface area contributed by atoms with E-state index in [0.717, 1.165) is 6.08 Å². The zero-order valence-corrected chi connectivity index (χ0v) is 7.52. The van der Waals surface area contributed by atoms with Crippen LogP contribution in [0.5, 0.6) is 0 Å². The third-order valence-corrected chi connectivity index (χ3v) is 1.99. The second kappa shape index (κ2) is 3.89. The second-order valence-corrected chi connectivity index (χ2v) is 2.95. The van der Waals surface area contributed by atoms with Gasteiger partial charge in [0.15, 0.2) is 0 Å². The Hall–Kier alpha value is -1.20. The largest absolute Gasteiger partial charge is 0.469 e. The van der Waals surface area contributed by atoms with Crippen molar-refractivity contribution in [3.63, 3.8) is 0 Å². The topological polar surface area (TPSA) is 38.3 Å². The number of alkyl halides is 3. The maximum absolute atomic E-state index is 12.1. The monoisotopic (exact) mass is 209 g/mol. The van der Waals surface area contributed by atoms with Crippen molar-refractivity contribution in [2.75, 3.05) is 13.7 Å². The van der Waals surface area contributed by atoms with Crippen LogP contribution in [0.25, 0.3) is 0 Å². The van der Waals surface area contributed by atoms with Gasteiger partial charge in [0, 0.05) is 6.54 Å². The third-order valence-electron chi connectivity index (χ3n) is 1.99. The fraction of sp³-hybridized carbons (Fsp3) is 0.625. The zero-order chi connectivity index (χ0) is 10.8. The maximum atomic E-state index is 12.1. The van der Waals surface area contributed by atoms with Crippen LogP contribution in [-0.4, -0.2) is 25.8 Å². The molecule has 1 aliphatic heterocycles. The molecule has 0 saturated heterocycles. The first kappa shape index (κ1) is 10.9. The van der Waals surface area contributed by atoms with E-state index in [1.54, 1.807) is 0 Å². The summed E-state index contributed by atoms with van der Waals surface area (Å²) in [5.41, 5.74) is -0.780. The number of halogens is 3. The Morgan fingerprint density at radius 3 is 2.64 bits per heavy atom. The number of ether oxygens (including phenoxy) is 1. The molecule has 0 spiro atoms. The predicted molar refractivity (Wildman–Crippen MR) is 42.3 cm³/mol. The first-order valence-corrected chi connectivity index (χ1v) is 4.04. The van der Waals surface area contributed by atoms with Gasteiger partial charge in [-0.15, -0.1) is 0 Å². The van der Waals surface area contributed by atoms with Crippen LogP contribution in [0.1, 0.15) is 6.42 Å². The molecule has 1 atom stereocenters. The minimum atomic E-state index is -4.36. The molecule has 0 aromatic heterocycles. The van der Waals surface area contributed by atoms with Gasteiger partial charge in [0.05, 0.1) is 13.0 Å². The Morgan fingerprint density at radius 2 is 2.29 bits per heavy atom. The van der Waals surface area contributed by atoms with Crippen LogP contribution in [0.2, 0.25) is 0 Å². The molecule has 0 saturated carbocycles. The van der Waals surface area contributed by atoms with E-state index in [1.807, 2.05) is 0 Å². The molecule has 1 aliphatic rings. The molecule has 1 heterocycles. The van der Waals surface area contributed by atoms with Gasteiger partial charge in [0.1, 0.15) is 5.70 Å². The Bertz CT molecular complexity index is 260. The van der Waals surface area contributed by atoms with Gasteiger partial charge in [-0.05, 0) is 6.42 Å². The molecule has 1 N–H and O–H groups in total. The van der Waals surface area contributed by atoms with Crippen LogP contribution in [-0.2, 0) is 9.53 Å². The summed E-state index contributed by atoms with van der Waals surface area (Å²) in [5, 5.41) is 2.16.